The Labute approximate surface area is 164 Å². The molecule has 0 bridgehead atoms. The lowest BCUT2D eigenvalue weighted by Gasteiger charge is -2.18. The van der Waals surface area contributed by atoms with E-state index in [-0.39, 0.29) is 18.6 Å². The predicted octanol–water partition coefficient (Wildman–Crippen LogP) is 5.12. The number of carbonyl (C=O) groups excluding carboxylic acids is 1. The van der Waals surface area contributed by atoms with Crippen molar-refractivity contribution in [1.29, 1.82) is 0 Å². The van der Waals surface area contributed by atoms with Crippen LogP contribution in [0.3, 0.4) is 0 Å². The molecule has 1 fully saturated rings. The third kappa shape index (κ3) is 5.21. The Bertz CT molecular complexity index is 710. The molecule has 1 atom stereocenters. The quantitative estimate of drug-likeness (QED) is 0.716. The molecule has 1 aliphatic rings. The maximum atomic E-state index is 12.3. The van der Waals surface area contributed by atoms with Crippen molar-refractivity contribution in [3.63, 3.8) is 0 Å². The van der Waals surface area contributed by atoms with Gasteiger partial charge in [0.05, 0.1) is 10.6 Å². The summed E-state index contributed by atoms with van der Waals surface area (Å²) in [5.74, 6) is 3.07. The summed E-state index contributed by atoms with van der Waals surface area (Å²) >= 11 is 3.97. The monoisotopic (exact) mass is 387 g/mol. The lowest BCUT2D eigenvalue weighted by molar-refractivity contribution is -0.123. The summed E-state index contributed by atoms with van der Waals surface area (Å²) in [7, 11) is 0. The van der Waals surface area contributed by atoms with E-state index in [2.05, 4.69) is 55.6 Å². The highest BCUT2D eigenvalue weighted by molar-refractivity contribution is 8.19. The minimum absolute atomic E-state index is 0.0190. The summed E-state index contributed by atoms with van der Waals surface area (Å²) in [4.78, 5) is 12.3. The van der Waals surface area contributed by atoms with Crippen LogP contribution in [0.25, 0.3) is 0 Å². The fourth-order valence-electron chi connectivity index (χ4n) is 2.88. The number of thioether (sulfide) groups is 2. The average Bonchev–Trinajstić information content (AvgIpc) is 3.20. The van der Waals surface area contributed by atoms with Crippen molar-refractivity contribution in [3.05, 3.63) is 65.2 Å². The first-order valence-corrected chi connectivity index (χ1v) is 11.1. The molecule has 1 heterocycles. The maximum absolute atomic E-state index is 12.3. The van der Waals surface area contributed by atoms with Crippen LogP contribution in [0.2, 0.25) is 0 Å². The van der Waals surface area contributed by atoms with Gasteiger partial charge in [0.25, 0.3) is 5.91 Å². The lowest BCUT2D eigenvalue weighted by atomic mass is 10.0. The summed E-state index contributed by atoms with van der Waals surface area (Å²) in [6.07, 6.45) is 0.847. The van der Waals surface area contributed by atoms with E-state index < -0.39 is 0 Å². The van der Waals surface area contributed by atoms with Crippen LogP contribution >= 0.6 is 23.5 Å². The summed E-state index contributed by atoms with van der Waals surface area (Å²) in [6, 6.07) is 16.4. The number of benzene rings is 2. The largest absolute Gasteiger partial charge is 0.484 e. The summed E-state index contributed by atoms with van der Waals surface area (Å²) < 4.78 is 6.19. The van der Waals surface area contributed by atoms with E-state index in [1.54, 1.807) is 0 Å². The van der Waals surface area contributed by atoms with E-state index in [1.165, 1.54) is 22.6 Å². The fourth-order valence-corrected chi connectivity index (χ4v) is 5.74. The number of nitrogens with one attached hydrogen (secondary N) is 1. The normalized spacial score (nSPS) is 15.6. The molecule has 1 N–H and O–H groups in total. The van der Waals surface area contributed by atoms with E-state index in [1.807, 2.05) is 35.7 Å². The molecule has 2 aromatic rings. The number of hydrogen-bond acceptors (Lipinski definition) is 4. The highest BCUT2D eigenvalue weighted by Crippen LogP contribution is 2.45. The van der Waals surface area contributed by atoms with Gasteiger partial charge < -0.3 is 10.1 Å². The van der Waals surface area contributed by atoms with Crippen LogP contribution in [-0.4, -0.2) is 24.0 Å². The van der Waals surface area contributed by atoms with E-state index in [0.29, 0.717) is 4.58 Å². The topological polar surface area (TPSA) is 38.3 Å². The Morgan fingerprint density at radius 2 is 1.77 bits per heavy atom. The van der Waals surface area contributed by atoms with E-state index in [4.69, 9.17) is 4.74 Å². The predicted molar refractivity (Wildman–Crippen MR) is 112 cm³/mol. The van der Waals surface area contributed by atoms with Gasteiger partial charge in [-0.05, 0) is 36.6 Å². The van der Waals surface area contributed by atoms with Gasteiger partial charge in [-0.1, -0.05) is 48.9 Å². The van der Waals surface area contributed by atoms with Crippen molar-refractivity contribution in [2.75, 3.05) is 18.1 Å². The van der Waals surface area contributed by atoms with Crippen molar-refractivity contribution in [3.8, 4) is 5.75 Å². The molecule has 0 saturated carbocycles. The maximum Gasteiger partial charge on any atom is 0.258 e. The van der Waals surface area contributed by atoms with Gasteiger partial charge in [-0.3, -0.25) is 4.79 Å². The summed E-state index contributed by atoms with van der Waals surface area (Å²) in [5.41, 5.74) is 3.66. The smallest absolute Gasteiger partial charge is 0.258 e. The van der Waals surface area contributed by atoms with Crippen LogP contribution in [0.4, 0.5) is 0 Å². The second-order valence-electron chi connectivity index (χ2n) is 6.37. The van der Waals surface area contributed by atoms with Crippen molar-refractivity contribution < 1.29 is 9.53 Å². The van der Waals surface area contributed by atoms with Gasteiger partial charge in [0.2, 0.25) is 0 Å². The molecule has 0 aliphatic carbocycles. The van der Waals surface area contributed by atoms with E-state index in [9.17, 15) is 4.79 Å². The molecule has 1 aliphatic heterocycles. The molecule has 0 spiro atoms. The third-order valence-corrected chi connectivity index (χ3v) is 7.47. The van der Waals surface area contributed by atoms with E-state index in [0.717, 1.165) is 17.7 Å². The first-order valence-electron chi connectivity index (χ1n) is 8.97. The molecule has 0 unspecified atom stereocenters. The molecule has 0 aromatic heterocycles. The molecular formula is C21H25NO2S2. The fraction of sp³-hybridized carbons (Fsp3) is 0.381. The molecule has 1 amide bonds. The van der Waals surface area contributed by atoms with Crippen molar-refractivity contribution >= 4 is 29.4 Å². The zero-order valence-corrected chi connectivity index (χ0v) is 16.9. The van der Waals surface area contributed by atoms with Crippen LogP contribution < -0.4 is 10.1 Å². The number of ether oxygens (including phenoxy) is 1. The minimum Gasteiger partial charge on any atom is -0.484 e. The highest BCUT2D eigenvalue weighted by Gasteiger charge is 2.18. The average molecular weight is 388 g/mol. The number of carbonyl (C=O) groups is 1. The number of rotatable bonds is 7. The van der Waals surface area contributed by atoms with Crippen LogP contribution in [-0.2, 0) is 4.79 Å². The zero-order valence-electron chi connectivity index (χ0n) is 15.2. The second-order valence-corrected chi connectivity index (χ2v) is 9.09. The van der Waals surface area contributed by atoms with Crippen LogP contribution in [0.5, 0.6) is 5.75 Å². The van der Waals surface area contributed by atoms with Crippen LogP contribution in [0.1, 0.15) is 40.7 Å². The first-order chi connectivity index (χ1) is 12.7. The second kappa shape index (κ2) is 9.38. The van der Waals surface area contributed by atoms with Crippen molar-refractivity contribution in [2.24, 2.45) is 0 Å². The third-order valence-electron chi connectivity index (χ3n) is 4.37. The van der Waals surface area contributed by atoms with Gasteiger partial charge in [0, 0.05) is 11.5 Å². The lowest BCUT2D eigenvalue weighted by Crippen LogP contribution is -2.32. The van der Waals surface area contributed by atoms with Gasteiger partial charge in [0.1, 0.15) is 5.75 Å². The Hall–Kier alpha value is -1.59. The molecule has 3 nitrogen and oxygen atoms in total. The highest BCUT2D eigenvalue weighted by atomic mass is 32.2. The summed E-state index contributed by atoms with van der Waals surface area (Å²) in [6.45, 7) is 4.17. The van der Waals surface area contributed by atoms with E-state index >= 15 is 0 Å². The van der Waals surface area contributed by atoms with Gasteiger partial charge in [-0.15, -0.1) is 23.5 Å². The number of hydrogen-bond donors (Lipinski definition) is 1. The molecular weight excluding hydrogens is 362 g/mol. The number of aryl methyl sites for hydroxylation is 1. The molecule has 138 valence electrons. The standard InChI is InChI=1S/C21H25NO2S2/c1-3-19(16-6-4-15(2)5-7-16)22-20(23)14-24-18-10-8-17(9-11-18)21-25-12-13-26-21/h4-11,19,21H,3,12-14H2,1-2H3,(H,22,23)/t19-/m0/s1. The molecule has 0 radical (unpaired) electrons. The molecule has 2 aromatic carbocycles. The van der Waals surface area contributed by atoms with Gasteiger partial charge >= 0.3 is 0 Å². The SMILES string of the molecule is CC[C@H](NC(=O)COc1ccc(C2SCCS2)cc1)c1ccc(C)cc1. The Morgan fingerprint density at radius 3 is 2.38 bits per heavy atom. The molecule has 26 heavy (non-hydrogen) atoms. The number of amides is 1. The van der Waals surface area contributed by atoms with Gasteiger partial charge in [-0.2, -0.15) is 0 Å². The first kappa shape index (κ1) is 19.2. The van der Waals surface area contributed by atoms with Crippen molar-refractivity contribution in [1.82, 2.24) is 5.32 Å². The van der Waals surface area contributed by atoms with Crippen LogP contribution in [0.15, 0.2) is 48.5 Å². The zero-order chi connectivity index (χ0) is 18.4. The van der Waals surface area contributed by atoms with Gasteiger partial charge in [-0.25, -0.2) is 0 Å². The van der Waals surface area contributed by atoms with Crippen molar-refractivity contribution in [2.45, 2.75) is 30.9 Å². The molecule has 5 heteroatoms. The minimum atomic E-state index is -0.0941. The Kier molecular flexibility index (Phi) is 6.92. The molecule has 3 rings (SSSR count). The molecule has 1 saturated heterocycles. The van der Waals surface area contributed by atoms with Gasteiger partial charge in [0.15, 0.2) is 6.61 Å². The Balaban J connectivity index is 1.50. The summed E-state index contributed by atoms with van der Waals surface area (Å²) in [5, 5.41) is 3.06. The Morgan fingerprint density at radius 1 is 1.12 bits per heavy atom. The van der Waals surface area contributed by atoms with Crippen LogP contribution in [0, 0.1) is 6.92 Å².